The summed E-state index contributed by atoms with van der Waals surface area (Å²) >= 11 is 6.03. The van der Waals surface area contributed by atoms with E-state index in [0.717, 1.165) is 23.2 Å². The molecule has 3 aromatic rings. The number of halogens is 1. The minimum Gasteiger partial charge on any atom is -0.346 e. The van der Waals surface area contributed by atoms with E-state index in [0.29, 0.717) is 28.3 Å². The first-order valence-corrected chi connectivity index (χ1v) is 10.4. The number of rotatable bonds is 4. The third-order valence-corrected chi connectivity index (χ3v) is 5.67. The van der Waals surface area contributed by atoms with E-state index in [9.17, 15) is 9.59 Å². The maximum atomic E-state index is 12.9. The Morgan fingerprint density at radius 2 is 1.84 bits per heavy atom. The number of carbonyl (C=O) groups excluding carboxylic acids is 2. The van der Waals surface area contributed by atoms with Gasteiger partial charge in [-0.25, -0.2) is 0 Å². The van der Waals surface area contributed by atoms with Crippen LogP contribution in [0.4, 0.5) is 5.69 Å². The van der Waals surface area contributed by atoms with Crippen molar-refractivity contribution in [3.63, 3.8) is 0 Å². The molecule has 1 aliphatic heterocycles. The number of benzene rings is 3. The summed E-state index contributed by atoms with van der Waals surface area (Å²) in [5.41, 5.74) is 4.52. The number of carbonyl (C=O) groups is 2. The topological polar surface area (TPSA) is 73.2 Å². The van der Waals surface area contributed by atoms with Crippen LogP contribution in [0.2, 0.25) is 5.02 Å². The second kappa shape index (κ2) is 8.63. The van der Waals surface area contributed by atoms with E-state index in [4.69, 9.17) is 16.9 Å². The van der Waals surface area contributed by atoms with Crippen molar-refractivity contribution in [3.05, 3.63) is 99.6 Å². The molecule has 0 aromatic heterocycles. The predicted molar refractivity (Wildman–Crippen MR) is 120 cm³/mol. The highest BCUT2D eigenvalue weighted by Gasteiger charge is 2.26. The maximum absolute atomic E-state index is 12.9. The molecule has 31 heavy (non-hydrogen) atoms. The molecule has 0 bridgehead atoms. The standard InChI is InChI=1S/C25H20ClN3O2/c1-16(28-24(30)18-7-5-17(15-27)6-8-18)19-9-10-23-20(13-19)11-12-29(23)25(31)21-3-2-4-22(26)14-21/h2-10,13-14,16H,11-12H2,1H3,(H,28,30). The first kappa shape index (κ1) is 20.6. The van der Waals surface area contributed by atoms with Crippen molar-refractivity contribution < 1.29 is 9.59 Å². The highest BCUT2D eigenvalue weighted by Crippen LogP contribution is 2.32. The average molecular weight is 430 g/mol. The Morgan fingerprint density at radius 1 is 1.06 bits per heavy atom. The van der Waals surface area contributed by atoms with Crippen molar-refractivity contribution in [2.45, 2.75) is 19.4 Å². The summed E-state index contributed by atoms with van der Waals surface area (Å²) < 4.78 is 0. The second-order valence-electron chi connectivity index (χ2n) is 7.49. The third-order valence-electron chi connectivity index (χ3n) is 5.44. The van der Waals surface area contributed by atoms with Crippen LogP contribution >= 0.6 is 11.6 Å². The largest absolute Gasteiger partial charge is 0.346 e. The fourth-order valence-corrected chi connectivity index (χ4v) is 3.93. The minimum atomic E-state index is -0.203. The van der Waals surface area contributed by atoms with Crippen LogP contribution in [0.5, 0.6) is 0 Å². The number of hydrogen-bond acceptors (Lipinski definition) is 3. The summed E-state index contributed by atoms with van der Waals surface area (Å²) in [6, 6.07) is 21.3. The Kier molecular flexibility index (Phi) is 5.75. The quantitative estimate of drug-likeness (QED) is 0.640. The average Bonchev–Trinajstić information content (AvgIpc) is 3.21. The summed E-state index contributed by atoms with van der Waals surface area (Å²) in [5.74, 6) is -0.272. The highest BCUT2D eigenvalue weighted by molar-refractivity contribution is 6.31. The number of nitrogens with one attached hydrogen (secondary N) is 1. The van der Waals surface area contributed by atoms with Gasteiger partial charge in [0.2, 0.25) is 0 Å². The predicted octanol–water partition coefficient (Wildman–Crippen LogP) is 4.91. The van der Waals surface area contributed by atoms with E-state index < -0.39 is 0 Å². The zero-order valence-corrected chi connectivity index (χ0v) is 17.7. The molecule has 1 atom stereocenters. The number of hydrogen-bond donors (Lipinski definition) is 1. The van der Waals surface area contributed by atoms with Crippen LogP contribution in [0.1, 0.15) is 50.4 Å². The van der Waals surface area contributed by atoms with E-state index >= 15 is 0 Å². The maximum Gasteiger partial charge on any atom is 0.258 e. The lowest BCUT2D eigenvalue weighted by molar-refractivity contribution is 0.0938. The summed E-state index contributed by atoms with van der Waals surface area (Å²) in [5, 5.41) is 12.4. The Hall–Kier alpha value is -3.62. The molecule has 5 nitrogen and oxygen atoms in total. The molecule has 1 heterocycles. The molecule has 1 unspecified atom stereocenters. The molecular weight excluding hydrogens is 410 g/mol. The van der Waals surface area contributed by atoms with Gasteiger partial charge >= 0.3 is 0 Å². The zero-order chi connectivity index (χ0) is 22.0. The smallest absolute Gasteiger partial charge is 0.258 e. The molecule has 6 heteroatoms. The number of amides is 2. The molecule has 1 aliphatic rings. The van der Waals surface area contributed by atoms with Crippen molar-refractivity contribution in [3.8, 4) is 6.07 Å². The monoisotopic (exact) mass is 429 g/mol. The molecule has 4 rings (SSSR count). The summed E-state index contributed by atoms with van der Waals surface area (Å²) in [6.45, 7) is 2.53. The van der Waals surface area contributed by atoms with Crippen LogP contribution in [0.3, 0.4) is 0 Å². The molecule has 0 fully saturated rings. The van der Waals surface area contributed by atoms with Crippen LogP contribution in [0.25, 0.3) is 0 Å². The van der Waals surface area contributed by atoms with Crippen LogP contribution in [-0.2, 0) is 6.42 Å². The molecule has 0 aliphatic carbocycles. The first-order chi connectivity index (χ1) is 15.0. The summed E-state index contributed by atoms with van der Waals surface area (Å²) in [6.07, 6.45) is 0.756. The van der Waals surface area contributed by atoms with E-state index in [1.165, 1.54) is 0 Å². The second-order valence-corrected chi connectivity index (χ2v) is 7.93. The van der Waals surface area contributed by atoms with E-state index in [1.807, 2.05) is 31.2 Å². The number of nitrogens with zero attached hydrogens (tertiary/aromatic N) is 2. The SMILES string of the molecule is CC(NC(=O)c1ccc(C#N)cc1)c1ccc2c(c1)CCN2C(=O)c1cccc(Cl)c1. The van der Waals surface area contributed by atoms with Crippen LogP contribution < -0.4 is 10.2 Å². The minimum absolute atomic E-state index is 0.0730. The van der Waals surface area contributed by atoms with Gasteiger partial charge in [-0.1, -0.05) is 29.8 Å². The van der Waals surface area contributed by atoms with Crippen molar-refractivity contribution >= 4 is 29.1 Å². The first-order valence-electron chi connectivity index (χ1n) is 9.97. The van der Waals surface area contributed by atoms with Gasteiger partial charge in [0, 0.05) is 28.4 Å². The van der Waals surface area contributed by atoms with Gasteiger partial charge in [0.1, 0.15) is 0 Å². The van der Waals surface area contributed by atoms with E-state index in [1.54, 1.807) is 53.4 Å². The van der Waals surface area contributed by atoms with Crippen molar-refractivity contribution in [1.29, 1.82) is 5.26 Å². The number of anilines is 1. The van der Waals surface area contributed by atoms with Crippen molar-refractivity contribution in [2.75, 3.05) is 11.4 Å². The van der Waals surface area contributed by atoms with Gasteiger partial charge in [0.15, 0.2) is 0 Å². The van der Waals surface area contributed by atoms with Gasteiger partial charge in [-0.2, -0.15) is 5.26 Å². The molecule has 0 saturated carbocycles. The third kappa shape index (κ3) is 4.30. The van der Waals surface area contributed by atoms with Crippen molar-refractivity contribution in [2.24, 2.45) is 0 Å². The van der Waals surface area contributed by atoms with Gasteiger partial charge < -0.3 is 10.2 Å². The van der Waals surface area contributed by atoms with Gasteiger partial charge in [-0.15, -0.1) is 0 Å². The molecule has 1 N–H and O–H groups in total. The Labute approximate surface area is 185 Å². The molecule has 0 saturated heterocycles. The lowest BCUT2D eigenvalue weighted by Gasteiger charge is -2.19. The summed E-state index contributed by atoms with van der Waals surface area (Å²) in [7, 11) is 0. The molecule has 0 radical (unpaired) electrons. The van der Waals surface area contributed by atoms with Gasteiger partial charge in [0.25, 0.3) is 11.8 Å². The Bertz CT molecular complexity index is 1200. The molecule has 0 spiro atoms. The lowest BCUT2D eigenvalue weighted by Crippen LogP contribution is -2.29. The van der Waals surface area contributed by atoms with E-state index in [2.05, 4.69) is 5.32 Å². The molecular formula is C25H20ClN3O2. The van der Waals surface area contributed by atoms with Crippen molar-refractivity contribution in [1.82, 2.24) is 5.32 Å². The fraction of sp³-hybridized carbons (Fsp3) is 0.160. The molecule has 154 valence electrons. The van der Waals surface area contributed by atoms with Gasteiger partial charge in [0.05, 0.1) is 17.7 Å². The highest BCUT2D eigenvalue weighted by atomic mass is 35.5. The summed E-state index contributed by atoms with van der Waals surface area (Å²) in [4.78, 5) is 27.2. The number of nitriles is 1. The van der Waals surface area contributed by atoms with Crippen LogP contribution in [0.15, 0.2) is 66.7 Å². The van der Waals surface area contributed by atoms with Crippen LogP contribution in [-0.4, -0.2) is 18.4 Å². The lowest BCUT2D eigenvalue weighted by atomic mass is 10.0. The molecule has 2 amide bonds. The Balaban J connectivity index is 1.49. The van der Waals surface area contributed by atoms with Gasteiger partial charge in [-0.05, 0) is 73.0 Å². The Morgan fingerprint density at radius 3 is 2.55 bits per heavy atom. The normalized spacial score (nSPS) is 13.3. The van der Waals surface area contributed by atoms with Gasteiger partial charge in [-0.3, -0.25) is 9.59 Å². The van der Waals surface area contributed by atoms with Crippen LogP contribution in [0, 0.1) is 11.3 Å². The number of fused-ring (bicyclic) bond motifs is 1. The molecule has 3 aromatic carbocycles. The zero-order valence-electron chi connectivity index (χ0n) is 16.9. The van der Waals surface area contributed by atoms with E-state index in [-0.39, 0.29) is 17.9 Å². The fourth-order valence-electron chi connectivity index (χ4n) is 3.74.